The molecular weight excluding hydrogens is 493 g/mol. The maximum absolute atomic E-state index is 13.4. The van der Waals surface area contributed by atoms with Crippen molar-refractivity contribution < 1.29 is 14.3 Å². The van der Waals surface area contributed by atoms with Gasteiger partial charge in [0.05, 0.1) is 29.7 Å². The minimum absolute atomic E-state index is 0.193. The van der Waals surface area contributed by atoms with E-state index in [1.165, 1.54) is 29.7 Å². The van der Waals surface area contributed by atoms with Gasteiger partial charge in [-0.1, -0.05) is 18.3 Å². The number of halogens is 1. The number of pyridine rings is 1. The molecule has 0 aliphatic carbocycles. The lowest BCUT2D eigenvalue weighted by molar-refractivity contribution is -0.136. The van der Waals surface area contributed by atoms with E-state index >= 15 is 0 Å². The smallest absolute Gasteiger partial charge is 0.309 e. The first-order valence-electron chi connectivity index (χ1n) is 11.3. The van der Waals surface area contributed by atoms with Crippen molar-refractivity contribution in [2.75, 3.05) is 11.9 Å². The van der Waals surface area contributed by atoms with E-state index in [0.717, 1.165) is 22.7 Å². The zero-order chi connectivity index (χ0) is 26.1. The number of nitrogens with zero attached hydrogens (tertiary/aromatic N) is 7. The number of hydrogen-bond acceptors (Lipinski definition) is 8. The third-order valence-corrected chi connectivity index (χ3v) is 6.81. The Kier molecular flexibility index (Phi) is 6.33. The molecule has 5 aromatic rings. The van der Waals surface area contributed by atoms with Crippen molar-refractivity contribution >= 4 is 33.9 Å². The number of fused-ring (bicyclic) bond motifs is 1. The Labute approximate surface area is 215 Å². The highest BCUT2D eigenvalue weighted by Crippen LogP contribution is 2.37. The van der Waals surface area contributed by atoms with Crippen molar-refractivity contribution in [2.45, 2.75) is 19.8 Å². The van der Waals surface area contributed by atoms with Gasteiger partial charge in [-0.2, -0.15) is 5.26 Å². The van der Waals surface area contributed by atoms with E-state index in [0.29, 0.717) is 39.1 Å². The number of hydrogen-bond donors (Lipinski definition) is 1. The van der Waals surface area contributed by atoms with Gasteiger partial charge in [-0.05, 0) is 42.8 Å². The summed E-state index contributed by atoms with van der Waals surface area (Å²) in [4.78, 5) is 31.3. The molecule has 9 nitrogen and oxygen atoms in total. The highest BCUT2D eigenvalue weighted by Gasteiger charge is 2.22. The molecule has 0 fully saturated rings. The van der Waals surface area contributed by atoms with Crippen molar-refractivity contribution in [1.82, 2.24) is 24.3 Å². The van der Waals surface area contributed by atoms with Gasteiger partial charge in [-0.15, -0.1) is 0 Å². The van der Waals surface area contributed by atoms with Crippen LogP contribution in [0.2, 0.25) is 0 Å². The van der Waals surface area contributed by atoms with Crippen molar-refractivity contribution in [1.29, 1.82) is 5.26 Å². The van der Waals surface area contributed by atoms with Crippen molar-refractivity contribution in [3.05, 3.63) is 77.1 Å². The Bertz CT molecular complexity index is 1650. The zero-order valence-corrected chi connectivity index (χ0v) is 20.7. The molecule has 0 amide bonds. The second kappa shape index (κ2) is 9.75. The molecule has 0 bridgehead atoms. The number of anilines is 2. The van der Waals surface area contributed by atoms with E-state index in [1.807, 2.05) is 41.6 Å². The van der Waals surface area contributed by atoms with E-state index < -0.39 is 5.97 Å². The standard InChI is InChI=1S/C26H20FN7O2S/c1-3-19-25(33(2)26-32-24(21(11-28)37-26)15-4-7-17(27)8-5-15)34-14-16(6-9-22(34)31-19)20-13-29-18(12-30-20)10-23(35)36/h4-9,12-14H,3,10H2,1-2H3,(H,35,36). The van der Waals surface area contributed by atoms with Crippen molar-refractivity contribution in [3.63, 3.8) is 0 Å². The molecule has 0 atom stereocenters. The first kappa shape index (κ1) is 24.0. The molecule has 1 aromatic carbocycles. The number of aromatic nitrogens is 5. The minimum Gasteiger partial charge on any atom is -0.481 e. The molecule has 0 spiro atoms. The van der Waals surface area contributed by atoms with Crippen LogP contribution in [0.5, 0.6) is 0 Å². The molecule has 0 radical (unpaired) electrons. The maximum Gasteiger partial charge on any atom is 0.309 e. The Morgan fingerprint density at radius 2 is 1.89 bits per heavy atom. The van der Waals surface area contributed by atoms with E-state index in [2.05, 4.69) is 16.0 Å². The van der Waals surface area contributed by atoms with Gasteiger partial charge in [0.25, 0.3) is 0 Å². The number of carbonyl (C=O) groups is 1. The lowest BCUT2D eigenvalue weighted by atomic mass is 10.1. The number of carboxylic acids is 1. The Balaban J connectivity index is 1.56. The summed E-state index contributed by atoms with van der Waals surface area (Å²) in [7, 11) is 1.87. The number of thiazole rings is 1. The fourth-order valence-corrected chi connectivity index (χ4v) is 4.85. The monoisotopic (exact) mass is 513 g/mol. The molecule has 1 N–H and O–H groups in total. The second-order valence-electron chi connectivity index (χ2n) is 8.20. The number of carboxylic acid groups (broad SMARTS) is 1. The summed E-state index contributed by atoms with van der Waals surface area (Å²) in [5, 5.41) is 19.3. The topological polar surface area (TPSA) is 120 Å². The molecule has 37 heavy (non-hydrogen) atoms. The Morgan fingerprint density at radius 1 is 1.14 bits per heavy atom. The van der Waals surface area contributed by atoms with Crippen LogP contribution in [0.3, 0.4) is 0 Å². The van der Waals surface area contributed by atoms with Crippen LogP contribution < -0.4 is 4.90 Å². The van der Waals surface area contributed by atoms with Gasteiger partial charge >= 0.3 is 5.97 Å². The van der Waals surface area contributed by atoms with Crippen molar-refractivity contribution in [3.8, 4) is 28.6 Å². The van der Waals surface area contributed by atoms with Gasteiger partial charge in [0, 0.05) is 30.6 Å². The van der Waals surface area contributed by atoms with Crippen LogP contribution in [-0.2, 0) is 17.6 Å². The number of aryl methyl sites for hydroxylation is 1. The molecule has 0 aliphatic rings. The molecule has 4 aromatic heterocycles. The van der Waals surface area contributed by atoms with E-state index in [9.17, 15) is 14.4 Å². The SMILES string of the molecule is CCc1nc2ccc(-c3cnc(CC(=O)O)cn3)cn2c1N(C)c1nc(-c2ccc(F)cc2)c(C#N)s1. The quantitative estimate of drug-likeness (QED) is 0.327. The first-order valence-corrected chi connectivity index (χ1v) is 12.1. The predicted molar refractivity (Wildman–Crippen MR) is 137 cm³/mol. The van der Waals surface area contributed by atoms with Crippen LogP contribution in [0.25, 0.3) is 28.2 Å². The Morgan fingerprint density at radius 3 is 2.54 bits per heavy atom. The molecule has 0 saturated heterocycles. The van der Waals surface area contributed by atoms with Gasteiger partial charge < -0.3 is 10.0 Å². The molecule has 5 rings (SSSR count). The predicted octanol–water partition coefficient (Wildman–Crippen LogP) is 4.88. The van der Waals surface area contributed by atoms with Gasteiger partial charge in [0.1, 0.15) is 33.9 Å². The summed E-state index contributed by atoms with van der Waals surface area (Å²) in [5.41, 5.74) is 4.49. The second-order valence-corrected chi connectivity index (χ2v) is 9.17. The summed E-state index contributed by atoms with van der Waals surface area (Å²) >= 11 is 1.25. The summed E-state index contributed by atoms with van der Waals surface area (Å²) in [5.74, 6) is -0.533. The maximum atomic E-state index is 13.4. The number of benzene rings is 1. The fraction of sp³-hybridized carbons (Fsp3) is 0.154. The molecule has 4 heterocycles. The number of rotatable bonds is 7. The molecule has 11 heteroatoms. The third kappa shape index (κ3) is 4.62. The lowest BCUT2D eigenvalue weighted by Crippen LogP contribution is -2.13. The van der Waals surface area contributed by atoms with Gasteiger partial charge in [-0.3, -0.25) is 19.2 Å². The van der Waals surface area contributed by atoms with E-state index in [-0.39, 0.29) is 12.2 Å². The molecule has 0 aliphatic heterocycles. The number of imidazole rings is 1. The first-order chi connectivity index (χ1) is 17.9. The third-order valence-electron chi connectivity index (χ3n) is 5.77. The number of aliphatic carboxylic acids is 1. The minimum atomic E-state index is -0.967. The van der Waals surface area contributed by atoms with Crippen LogP contribution in [0, 0.1) is 17.1 Å². The summed E-state index contributed by atoms with van der Waals surface area (Å²) in [6, 6.07) is 11.9. The van der Waals surface area contributed by atoms with Crippen LogP contribution in [0.4, 0.5) is 15.3 Å². The summed E-state index contributed by atoms with van der Waals surface area (Å²) in [6.07, 6.45) is 5.38. The van der Waals surface area contributed by atoms with Gasteiger partial charge in [-0.25, -0.2) is 14.4 Å². The summed E-state index contributed by atoms with van der Waals surface area (Å²) < 4.78 is 15.4. The van der Waals surface area contributed by atoms with E-state index in [4.69, 9.17) is 15.1 Å². The largest absolute Gasteiger partial charge is 0.481 e. The van der Waals surface area contributed by atoms with Crippen LogP contribution in [0.15, 0.2) is 55.0 Å². The molecule has 0 unspecified atom stereocenters. The van der Waals surface area contributed by atoms with E-state index in [1.54, 1.807) is 18.3 Å². The average Bonchev–Trinajstić information content (AvgIpc) is 3.50. The summed E-state index contributed by atoms with van der Waals surface area (Å²) in [6.45, 7) is 2.01. The Hall–Kier alpha value is -4.69. The number of nitriles is 1. The van der Waals surface area contributed by atoms with Crippen LogP contribution in [-0.4, -0.2) is 42.5 Å². The zero-order valence-electron chi connectivity index (χ0n) is 19.9. The van der Waals surface area contributed by atoms with Crippen LogP contribution >= 0.6 is 11.3 Å². The molecule has 184 valence electrons. The van der Waals surface area contributed by atoms with Gasteiger partial charge in [0.2, 0.25) is 0 Å². The average molecular weight is 514 g/mol. The van der Waals surface area contributed by atoms with Crippen molar-refractivity contribution in [2.24, 2.45) is 0 Å². The lowest BCUT2D eigenvalue weighted by Gasteiger charge is -2.17. The normalized spacial score (nSPS) is 11.0. The molecular formula is C26H20FN7O2S. The highest BCUT2D eigenvalue weighted by atomic mass is 32.1. The highest BCUT2D eigenvalue weighted by molar-refractivity contribution is 7.16. The fourth-order valence-electron chi connectivity index (χ4n) is 4.00. The van der Waals surface area contributed by atoms with Gasteiger partial charge in [0.15, 0.2) is 5.13 Å². The molecule has 0 saturated carbocycles. The van der Waals surface area contributed by atoms with Crippen LogP contribution in [0.1, 0.15) is 23.2 Å².